The molecule has 0 saturated carbocycles. The Bertz CT molecular complexity index is 383. The van der Waals surface area contributed by atoms with Crippen LogP contribution in [-0.4, -0.2) is 5.78 Å². The molecule has 78 valence electrons. The number of terminal acetylenes is 1. The van der Waals surface area contributed by atoms with Gasteiger partial charge in [-0.3, -0.25) is 4.79 Å². The second-order valence-electron chi connectivity index (χ2n) is 4.78. The molecule has 0 spiro atoms. The second-order valence-corrected chi connectivity index (χ2v) is 4.78. The molecule has 0 amide bonds. The molecule has 0 aromatic carbocycles. The third-order valence-corrected chi connectivity index (χ3v) is 4.06. The second kappa shape index (κ2) is 3.38. The lowest BCUT2D eigenvalue weighted by atomic mass is 9.53. The molecule has 0 aliphatic heterocycles. The van der Waals surface area contributed by atoms with Crippen molar-refractivity contribution in [2.75, 3.05) is 0 Å². The van der Waals surface area contributed by atoms with Gasteiger partial charge in [0.25, 0.3) is 0 Å². The molecule has 0 fully saturated rings. The van der Waals surface area contributed by atoms with Crippen LogP contribution >= 0.6 is 0 Å². The first-order valence-electron chi connectivity index (χ1n) is 5.47. The average molecular weight is 200 g/mol. The fourth-order valence-electron chi connectivity index (χ4n) is 2.84. The summed E-state index contributed by atoms with van der Waals surface area (Å²) < 4.78 is 0. The van der Waals surface area contributed by atoms with E-state index in [-0.39, 0.29) is 16.6 Å². The Kier molecular flexibility index (Phi) is 2.31. The number of hydrogen-bond acceptors (Lipinski definition) is 1. The lowest BCUT2D eigenvalue weighted by molar-refractivity contribution is -0.130. The Morgan fingerprint density at radius 1 is 1.53 bits per heavy atom. The maximum Gasteiger partial charge on any atom is 0.162 e. The molecular formula is C14H16O. The van der Waals surface area contributed by atoms with Crippen LogP contribution in [-0.2, 0) is 4.79 Å². The van der Waals surface area contributed by atoms with Gasteiger partial charge in [0.15, 0.2) is 5.78 Å². The Hall–Kier alpha value is -1.29. The highest BCUT2D eigenvalue weighted by Gasteiger charge is 2.51. The smallest absolute Gasteiger partial charge is 0.162 e. The van der Waals surface area contributed by atoms with Crippen LogP contribution in [0.1, 0.15) is 32.6 Å². The van der Waals surface area contributed by atoms with Crippen molar-refractivity contribution in [3.05, 3.63) is 24.3 Å². The van der Waals surface area contributed by atoms with Gasteiger partial charge in [-0.25, -0.2) is 0 Å². The van der Waals surface area contributed by atoms with Crippen molar-refractivity contribution in [2.24, 2.45) is 10.8 Å². The summed E-state index contributed by atoms with van der Waals surface area (Å²) in [6.45, 7) is 2.07. The van der Waals surface area contributed by atoms with Crippen molar-refractivity contribution in [1.29, 1.82) is 0 Å². The third kappa shape index (κ3) is 1.28. The number of rotatable bonds is 1. The highest BCUT2D eigenvalue weighted by atomic mass is 16.1. The van der Waals surface area contributed by atoms with Crippen molar-refractivity contribution in [1.82, 2.24) is 0 Å². The molecule has 0 heterocycles. The van der Waals surface area contributed by atoms with E-state index in [4.69, 9.17) is 6.42 Å². The van der Waals surface area contributed by atoms with Crippen LogP contribution in [0.4, 0.5) is 0 Å². The van der Waals surface area contributed by atoms with Crippen LogP contribution in [0.3, 0.4) is 0 Å². The minimum Gasteiger partial charge on any atom is -0.294 e. The Balaban J connectivity index is 2.51. The lowest BCUT2D eigenvalue weighted by Crippen LogP contribution is -2.47. The first kappa shape index (κ1) is 10.2. The quantitative estimate of drug-likeness (QED) is 0.470. The summed E-state index contributed by atoms with van der Waals surface area (Å²) in [6.07, 6.45) is 17.0. The summed E-state index contributed by atoms with van der Waals surface area (Å²) in [4.78, 5) is 12.0. The fourth-order valence-corrected chi connectivity index (χ4v) is 2.84. The van der Waals surface area contributed by atoms with Crippen LogP contribution in [0, 0.1) is 23.2 Å². The van der Waals surface area contributed by atoms with E-state index in [0.717, 1.165) is 19.3 Å². The molecule has 0 radical (unpaired) electrons. The average Bonchev–Trinajstić information content (AvgIpc) is 2.21. The molecule has 0 bridgehead atoms. The zero-order chi connectivity index (χ0) is 10.9. The van der Waals surface area contributed by atoms with E-state index < -0.39 is 0 Å². The molecule has 0 saturated heterocycles. The van der Waals surface area contributed by atoms with Crippen molar-refractivity contribution in [2.45, 2.75) is 32.6 Å². The van der Waals surface area contributed by atoms with Crippen molar-refractivity contribution >= 4 is 5.78 Å². The minimum absolute atomic E-state index is 0.119. The van der Waals surface area contributed by atoms with Gasteiger partial charge in [-0.1, -0.05) is 25.2 Å². The summed E-state index contributed by atoms with van der Waals surface area (Å²) in [5.41, 5.74) is -0.394. The van der Waals surface area contributed by atoms with Gasteiger partial charge in [-0.15, -0.1) is 12.3 Å². The summed E-state index contributed by atoms with van der Waals surface area (Å²) in [5.74, 6) is 2.98. The summed E-state index contributed by atoms with van der Waals surface area (Å²) in [5, 5.41) is 0. The molecule has 2 aliphatic carbocycles. The predicted octanol–water partition coefficient (Wildman–Crippen LogP) is 2.88. The number of hydrogen-bond donors (Lipinski definition) is 0. The molecule has 0 aromatic heterocycles. The number of carbonyl (C=O) groups is 1. The van der Waals surface area contributed by atoms with E-state index in [1.54, 1.807) is 6.08 Å². The topological polar surface area (TPSA) is 17.1 Å². The van der Waals surface area contributed by atoms with Gasteiger partial charge in [-0.05, 0) is 25.3 Å². The van der Waals surface area contributed by atoms with Gasteiger partial charge >= 0.3 is 0 Å². The van der Waals surface area contributed by atoms with Crippen molar-refractivity contribution in [3.63, 3.8) is 0 Å². The SMILES string of the molecule is C#CC[C@@]12C=CCC[C@]1(C)C(=O)C=CC2. The maximum absolute atomic E-state index is 12.0. The number of carbonyl (C=O) groups excluding carboxylic acids is 1. The van der Waals surface area contributed by atoms with Gasteiger partial charge < -0.3 is 0 Å². The van der Waals surface area contributed by atoms with Crippen LogP contribution in [0.5, 0.6) is 0 Å². The Morgan fingerprint density at radius 2 is 2.33 bits per heavy atom. The molecule has 0 aromatic rings. The molecule has 0 unspecified atom stereocenters. The lowest BCUT2D eigenvalue weighted by Gasteiger charge is -2.48. The number of fused-ring (bicyclic) bond motifs is 1. The zero-order valence-corrected chi connectivity index (χ0v) is 9.12. The zero-order valence-electron chi connectivity index (χ0n) is 9.12. The van der Waals surface area contributed by atoms with Crippen LogP contribution < -0.4 is 0 Å². The van der Waals surface area contributed by atoms with Gasteiger partial charge in [0.1, 0.15) is 0 Å². The van der Waals surface area contributed by atoms with Crippen LogP contribution in [0.25, 0.3) is 0 Å². The molecule has 1 nitrogen and oxygen atoms in total. The van der Waals surface area contributed by atoms with Gasteiger partial charge in [0.2, 0.25) is 0 Å². The van der Waals surface area contributed by atoms with Crippen molar-refractivity contribution < 1.29 is 4.79 Å². The third-order valence-electron chi connectivity index (χ3n) is 4.06. The molecule has 1 heteroatoms. The largest absolute Gasteiger partial charge is 0.294 e. The number of ketones is 1. The van der Waals surface area contributed by atoms with Gasteiger partial charge in [0.05, 0.1) is 0 Å². The first-order valence-corrected chi connectivity index (χ1v) is 5.47. The van der Waals surface area contributed by atoms with Gasteiger partial charge in [0, 0.05) is 17.3 Å². The van der Waals surface area contributed by atoms with E-state index in [2.05, 4.69) is 25.0 Å². The molecule has 2 rings (SSSR count). The van der Waals surface area contributed by atoms with Gasteiger partial charge in [-0.2, -0.15) is 0 Å². The summed E-state index contributed by atoms with van der Waals surface area (Å²) >= 11 is 0. The predicted molar refractivity (Wildman–Crippen MR) is 61.1 cm³/mol. The molecule has 2 aliphatic rings. The van der Waals surface area contributed by atoms with E-state index >= 15 is 0 Å². The van der Waals surface area contributed by atoms with Crippen molar-refractivity contribution in [3.8, 4) is 12.3 Å². The highest BCUT2D eigenvalue weighted by Crippen LogP contribution is 2.54. The molecule has 2 atom stereocenters. The molecule has 15 heavy (non-hydrogen) atoms. The maximum atomic E-state index is 12.0. The summed E-state index contributed by atoms with van der Waals surface area (Å²) in [7, 11) is 0. The monoisotopic (exact) mass is 200 g/mol. The van der Waals surface area contributed by atoms with Crippen LogP contribution in [0.2, 0.25) is 0 Å². The fraction of sp³-hybridized carbons (Fsp3) is 0.500. The Labute approximate surface area is 91.3 Å². The molecule has 0 N–H and O–H groups in total. The number of allylic oxidation sites excluding steroid dienone is 4. The van der Waals surface area contributed by atoms with E-state index in [0.29, 0.717) is 6.42 Å². The standard InChI is InChI=1S/C14H16O/c1-3-8-14-10-5-4-9-13(14,2)12(15)7-6-11-14/h1,5-7,10H,4,8-9,11H2,2H3/t13-,14+/m1/s1. The highest BCUT2D eigenvalue weighted by molar-refractivity contribution is 5.96. The minimum atomic E-state index is -0.275. The first-order chi connectivity index (χ1) is 7.15. The van der Waals surface area contributed by atoms with E-state index in [9.17, 15) is 4.79 Å². The van der Waals surface area contributed by atoms with E-state index in [1.807, 2.05) is 6.08 Å². The summed E-state index contributed by atoms with van der Waals surface area (Å²) in [6, 6.07) is 0. The molecular weight excluding hydrogens is 184 g/mol. The van der Waals surface area contributed by atoms with E-state index in [1.165, 1.54) is 0 Å². The van der Waals surface area contributed by atoms with Crippen LogP contribution in [0.15, 0.2) is 24.3 Å². The normalized spacial score (nSPS) is 38.5. The Morgan fingerprint density at radius 3 is 3.07 bits per heavy atom.